The largest absolute Gasteiger partial charge is 0.299 e. The first-order chi connectivity index (χ1) is 10.2. The third kappa shape index (κ3) is 3.59. The van der Waals surface area contributed by atoms with Gasteiger partial charge in [0.05, 0.1) is 11.4 Å². The number of thiazole rings is 1. The van der Waals surface area contributed by atoms with Crippen molar-refractivity contribution < 1.29 is 4.39 Å². The molecule has 0 spiro atoms. The van der Waals surface area contributed by atoms with Crippen LogP contribution >= 0.6 is 27.3 Å². The van der Waals surface area contributed by atoms with Crippen molar-refractivity contribution in [1.29, 1.82) is 0 Å². The Hall–Kier alpha value is -1.92. The molecule has 1 aromatic heterocycles. The quantitative estimate of drug-likeness (QED) is 0.629. The molecule has 0 aliphatic carbocycles. The van der Waals surface area contributed by atoms with Crippen LogP contribution in [0.15, 0.2) is 58.4 Å². The zero-order valence-corrected chi connectivity index (χ0v) is 13.2. The summed E-state index contributed by atoms with van der Waals surface area (Å²) in [5.41, 5.74) is 8.74. The van der Waals surface area contributed by atoms with E-state index in [1.807, 2.05) is 29.6 Å². The second kappa shape index (κ2) is 6.24. The lowest BCUT2D eigenvalue weighted by Gasteiger charge is -2.06. The van der Waals surface area contributed by atoms with Gasteiger partial charge in [-0.25, -0.2) is 9.37 Å². The molecule has 3 rings (SSSR count). The molecule has 0 saturated heterocycles. The number of hydrogen-bond acceptors (Lipinski definition) is 4. The molecule has 6 heteroatoms. The number of nitrogens with zero attached hydrogens (tertiary/aromatic N) is 1. The van der Waals surface area contributed by atoms with Crippen LogP contribution in [0.5, 0.6) is 0 Å². The Bertz CT molecular complexity index is 725. The first kappa shape index (κ1) is 14.0. The highest BCUT2D eigenvalue weighted by molar-refractivity contribution is 9.10. The van der Waals surface area contributed by atoms with Crippen LogP contribution < -0.4 is 10.9 Å². The van der Waals surface area contributed by atoms with Gasteiger partial charge in [-0.15, -0.1) is 11.3 Å². The van der Waals surface area contributed by atoms with Crippen molar-refractivity contribution >= 4 is 38.1 Å². The minimum atomic E-state index is -0.257. The van der Waals surface area contributed by atoms with Gasteiger partial charge in [-0.3, -0.25) is 10.9 Å². The van der Waals surface area contributed by atoms with E-state index in [0.717, 1.165) is 26.5 Å². The fourth-order valence-electron chi connectivity index (χ4n) is 1.74. The van der Waals surface area contributed by atoms with E-state index >= 15 is 0 Å². The minimum Gasteiger partial charge on any atom is -0.299 e. The summed E-state index contributed by atoms with van der Waals surface area (Å²) < 4.78 is 13.8. The predicted octanol–water partition coefficient (Wildman–Crippen LogP) is 5.15. The van der Waals surface area contributed by atoms with E-state index in [1.165, 1.54) is 23.5 Å². The van der Waals surface area contributed by atoms with Crippen LogP contribution in [0.2, 0.25) is 0 Å². The molecule has 3 aromatic rings. The third-order valence-electron chi connectivity index (χ3n) is 2.80. The molecule has 0 saturated carbocycles. The van der Waals surface area contributed by atoms with Gasteiger partial charge in [0, 0.05) is 15.4 Å². The van der Waals surface area contributed by atoms with Crippen molar-refractivity contribution in [1.82, 2.24) is 4.98 Å². The molecule has 21 heavy (non-hydrogen) atoms. The van der Waals surface area contributed by atoms with Crippen LogP contribution in [-0.4, -0.2) is 4.98 Å². The monoisotopic (exact) mass is 363 g/mol. The van der Waals surface area contributed by atoms with Crippen molar-refractivity contribution in [3.63, 3.8) is 0 Å². The van der Waals surface area contributed by atoms with Crippen LogP contribution in [0, 0.1) is 5.82 Å². The van der Waals surface area contributed by atoms with Crippen LogP contribution in [0.4, 0.5) is 15.2 Å². The molecule has 106 valence electrons. The van der Waals surface area contributed by atoms with Crippen molar-refractivity contribution in [2.45, 2.75) is 0 Å². The lowest BCUT2D eigenvalue weighted by atomic mass is 10.2. The van der Waals surface area contributed by atoms with Gasteiger partial charge in [-0.05, 0) is 36.4 Å². The molecular weight excluding hydrogens is 353 g/mol. The number of halogens is 2. The number of anilines is 2. The first-order valence-corrected chi connectivity index (χ1v) is 7.87. The topological polar surface area (TPSA) is 37.0 Å². The van der Waals surface area contributed by atoms with Crippen molar-refractivity contribution in [2.24, 2.45) is 0 Å². The van der Waals surface area contributed by atoms with Crippen molar-refractivity contribution in [3.8, 4) is 11.3 Å². The average molecular weight is 364 g/mol. The molecule has 2 N–H and O–H groups in total. The van der Waals surface area contributed by atoms with Crippen LogP contribution in [0.3, 0.4) is 0 Å². The van der Waals surface area contributed by atoms with Gasteiger partial charge in [0.2, 0.25) is 5.13 Å². The predicted molar refractivity (Wildman–Crippen MR) is 88.9 cm³/mol. The van der Waals surface area contributed by atoms with E-state index in [9.17, 15) is 4.39 Å². The Balaban J connectivity index is 1.67. The second-order valence-corrected chi connectivity index (χ2v) is 6.08. The highest BCUT2D eigenvalue weighted by Crippen LogP contribution is 2.26. The molecule has 3 nitrogen and oxygen atoms in total. The van der Waals surface area contributed by atoms with Crippen LogP contribution in [0.1, 0.15) is 0 Å². The number of rotatable bonds is 4. The van der Waals surface area contributed by atoms with Crippen LogP contribution in [-0.2, 0) is 0 Å². The third-order valence-corrected chi connectivity index (χ3v) is 4.09. The molecule has 0 amide bonds. The smallest absolute Gasteiger partial charge is 0.202 e. The Labute approximate surface area is 134 Å². The Kier molecular flexibility index (Phi) is 4.17. The molecule has 0 aliphatic heterocycles. The van der Waals surface area contributed by atoms with Crippen molar-refractivity contribution in [2.75, 3.05) is 10.9 Å². The van der Waals surface area contributed by atoms with Crippen LogP contribution in [0.25, 0.3) is 11.3 Å². The highest BCUT2D eigenvalue weighted by Gasteiger charge is 2.04. The van der Waals surface area contributed by atoms with E-state index in [0.29, 0.717) is 0 Å². The van der Waals surface area contributed by atoms with E-state index in [1.54, 1.807) is 12.1 Å². The summed E-state index contributed by atoms with van der Waals surface area (Å²) in [6.07, 6.45) is 0. The molecule has 2 aromatic carbocycles. The second-order valence-electron chi connectivity index (χ2n) is 4.30. The summed E-state index contributed by atoms with van der Waals surface area (Å²) in [6.45, 7) is 0. The van der Waals surface area contributed by atoms with Gasteiger partial charge in [0.1, 0.15) is 5.82 Å². The SMILES string of the molecule is Fc1ccc(NNc2nc(-c3ccc(Br)cc3)cs2)cc1. The van der Waals surface area contributed by atoms with Gasteiger partial charge in [-0.1, -0.05) is 28.1 Å². The zero-order chi connectivity index (χ0) is 14.7. The molecule has 0 bridgehead atoms. The zero-order valence-electron chi connectivity index (χ0n) is 10.8. The molecular formula is C15H11BrFN3S. The molecule has 1 heterocycles. The summed E-state index contributed by atoms with van der Waals surface area (Å²) in [4.78, 5) is 4.50. The fraction of sp³-hybridized carbons (Fsp3) is 0. The maximum absolute atomic E-state index is 12.8. The summed E-state index contributed by atoms with van der Waals surface area (Å²) >= 11 is 4.91. The number of aromatic nitrogens is 1. The highest BCUT2D eigenvalue weighted by atomic mass is 79.9. The summed E-state index contributed by atoms with van der Waals surface area (Å²) in [5, 5.41) is 2.73. The van der Waals surface area contributed by atoms with E-state index in [4.69, 9.17) is 0 Å². The Morgan fingerprint density at radius 3 is 2.38 bits per heavy atom. The number of hydrogen-bond donors (Lipinski definition) is 2. The Morgan fingerprint density at radius 1 is 0.952 bits per heavy atom. The number of nitrogens with one attached hydrogen (secondary N) is 2. The Morgan fingerprint density at radius 2 is 1.67 bits per heavy atom. The number of benzene rings is 2. The fourth-order valence-corrected chi connectivity index (χ4v) is 2.68. The van der Waals surface area contributed by atoms with E-state index in [2.05, 4.69) is 31.8 Å². The van der Waals surface area contributed by atoms with Gasteiger partial charge in [-0.2, -0.15) is 0 Å². The molecule has 0 atom stereocenters. The van der Waals surface area contributed by atoms with Gasteiger partial charge in [0.25, 0.3) is 0 Å². The van der Waals surface area contributed by atoms with Crippen molar-refractivity contribution in [3.05, 3.63) is 64.2 Å². The molecule has 0 radical (unpaired) electrons. The van der Waals surface area contributed by atoms with Gasteiger partial charge >= 0.3 is 0 Å². The number of hydrazine groups is 1. The summed E-state index contributed by atoms with van der Waals surface area (Å²) in [6, 6.07) is 14.1. The lowest BCUT2D eigenvalue weighted by molar-refractivity contribution is 0.628. The lowest BCUT2D eigenvalue weighted by Crippen LogP contribution is -2.08. The van der Waals surface area contributed by atoms with Gasteiger partial charge < -0.3 is 0 Å². The normalized spacial score (nSPS) is 10.4. The minimum absolute atomic E-state index is 0.257. The summed E-state index contributed by atoms with van der Waals surface area (Å²) in [7, 11) is 0. The maximum Gasteiger partial charge on any atom is 0.202 e. The molecule has 0 unspecified atom stereocenters. The summed E-state index contributed by atoms with van der Waals surface area (Å²) in [5.74, 6) is -0.257. The van der Waals surface area contributed by atoms with E-state index < -0.39 is 0 Å². The van der Waals surface area contributed by atoms with E-state index in [-0.39, 0.29) is 5.82 Å². The first-order valence-electron chi connectivity index (χ1n) is 6.20. The molecule has 0 aliphatic rings. The standard InChI is InChI=1S/C15H11BrFN3S/c16-11-3-1-10(2-4-11)14-9-21-15(18-14)20-19-13-7-5-12(17)6-8-13/h1-9,19H,(H,18,20). The molecule has 0 fully saturated rings. The van der Waals surface area contributed by atoms with Gasteiger partial charge in [0.15, 0.2) is 0 Å². The maximum atomic E-state index is 12.8. The average Bonchev–Trinajstić information content (AvgIpc) is 2.96.